The fourth-order valence-electron chi connectivity index (χ4n) is 3.34. The number of methoxy groups -OCH3 is 1. The molecule has 0 unspecified atom stereocenters. The molecule has 1 heterocycles. The highest BCUT2D eigenvalue weighted by molar-refractivity contribution is 9.10. The van der Waals surface area contributed by atoms with Crippen molar-refractivity contribution < 1.29 is 19.4 Å². The van der Waals surface area contributed by atoms with E-state index in [1.54, 1.807) is 36.3 Å². The summed E-state index contributed by atoms with van der Waals surface area (Å²) in [6.07, 6.45) is 1.68. The summed E-state index contributed by atoms with van der Waals surface area (Å²) < 4.78 is 6.04. The van der Waals surface area contributed by atoms with Crippen LogP contribution in [0.3, 0.4) is 0 Å². The van der Waals surface area contributed by atoms with Crippen LogP contribution in [0.4, 0.5) is 0 Å². The second-order valence-electron chi connectivity index (χ2n) is 6.63. The number of amides is 1. The molecule has 1 fully saturated rings. The Morgan fingerprint density at radius 2 is 1.75 bits per heavy atom. The third-order valence-corrected chi connectivity index (χ3v) is 5.37. The second-order valence-corrected chi connectivity index (χ2v) is 7.54. The Labute approximate surface area is 172 Å². The quantitative estimate of drug-likeness (QED) is 0.399. The highest BCUT2D eigenvalue weighted by atomic mass is 79.9. The van der Waals surface area contributed by atoms with Gasteiger partial charge in [0.1, 0.15) is 11.5 Å². The molecule has 0 bridgehead atoms. The average molecular weight is 444 g/mol. The number of rotatable bonds is 6. The molecule has 1 N–H and O–H groups in total. The lowest BCUT2D eigenvalue weighted by atomic mass is 9.95. The van der Waals surface area contributed by atoms with E-state index in [0.29, 0.717) is 17.9 Å². The molecule has 1 saturated heterocycles. The number of aliphatic hydroxyl groups excluding tert-OH is 1. The summed E-state index contributed by atoms with van der Waals surface area (Å²) in [5.41, 5.74) is 1.37. The van der Waals surface area contributed by atoms with E-state index in [1.165, 1.54) is 0 Å². The van der Waals surface area contributed by atoms with Crippen LogP contribution in [-0.4, -0.2) is 35.4 Å². The number of hydrogen-bond acceptors (Lipinski definition) is 4. The topological polar surface area (TPSA) is 66.8 Å². The van der Waals surface area contributed by atoms with E-state index in [0.717, 1.165) is 22.9 Å². The number of nitrogens with zero attached hydrogens (tertiary/aromatic N) is 1. The minimum absolute atomic E-state index is 0.119. The number of halogens is 1. The van der Waals surface area contributed by atoms with Crippen LogP contribution in [0.2, 0.25) is 0 Å². The van der Waals surface area contributed by atoms with Gasteiger partial charge in [0.2, 0.25) is 0 Å². The summed E-state index contributed by atoms with van der Waals surface area (Å²) in [6.45, 7) is 2.49. The van der Waals surface area contributed by atoms with Crippen LogP contribution >= 0.6 is 15.9 Å². The van der Waals surface area contributed by atoms with Gasteiger partial charge in [-0.05, 0) is 48.4 Å². The number of unbranched alkanes of at least 4 members (excludes halogenated alkanes) is 1. The van der Waals surface area contributed by atoms with Crippen LogP contribution in [0.1, 0.15) is 36.9 Å². The van der Waals surface area contributed by atoms with Crippen molar-refractivity contribution in [2.24, 2.45) is 0 Å². The van der Waals surface area contributed by atoms with Crippen molar-refractivity contribution in [3.8, 4) is 5.75 Å². The monoisotopic (exact) mass is 443 g/mol. The Hall–Kier alpha value is -2.60. The van der Waals surface area contributed by atoms with Crippen LogP contribution in [0.25, 0.3) is 5.76 Å². The van der Waals surface area contributed by atoms with E-state index >= 15 is 0 Å². The molecule has 0 aromatic heterocycles. The molecular formula is C22H22BrNO4. The maximum atomic E-state index is 12.8. The predicted octanol–water partition coefficient (Wildman–Crippen LogP) is 4.68. The van der Waals surface area contributed by atoms with Crippen LogP contribution < -0.4 is 4.74 Å². The molecule has 0 radical (unpaired) electrons. The highest BCUT2D eigenvalue weighted by Crippen LogP contribution is 2.40. The van der Waals surface area contributed by atoms with Crippen molar-refractivity contribution >= 4 is 33.4 Å². The van der Waals surface area contributed by atoms with Gasteiger partial charge in [0.05, 0.1) is 18.7 Å². The zero-order chi connectivity index (χ0) is 20.3. The van der Waals surface area contributed by atoms with Crippen molar-refractivity contribution in [1.29, 1.82) is 0 Å². The van der Waals surface area contributed by atoms with Gasteiger partial charge in [-0.15, -0.1) is 0 Å². The standard InChI is InChI=1S/C22H22BrNO4/c1-3-4-13-24-19(14-5-9-16(23)10-6-14)18(21(26)22(24)27)20(25)15-7-11-17(28-2)12-8-15/h5-12,19,25H,3-4,13H2,1-2H3/b20-18+/t19-/m0/s1. The first-order valence-electron chi connectivity index (χ1n) is 9.16. The molecule has 1 aliphatic heterocycles. The van der Waals surface area contributed by atoms with Crippen LogP contribution in [-0.2, 0) is 9.59 Å². The van der Waals surface area contributed by atoms with Crippen molar-refractivity contribution in [3.63, 3.8) is 0 Å². The molecule has 1 amide bonds. The Morgan fingerprint density at radius 3 is 2.32 bits per heavy atom. The lowest BCUT2D eigenvalue weighted by Gasteiger charge is -2.25. The molecule has 3 rings (SSSR count). The summed E-state index contributed by atoms with van der Waals surface area (Å²) in [5.74, 6) is -0.758. The van der Waals surface area contributed by atoms with Gasteiger partial charge in [-0.3, -0.25) is 9.59 Å². The fourth-order valence-corrected chi connectivity index (χ4v) is 3.60. The third-order valence-electron chi connectivity index (χ3n) is 4.84. The van der Waals surface area contributed by atoms with Gasteiger partial charge in [-0.1, -0.05) is 41.4 Å². The number of ketones is 1. The number of benzene rings is 2. The minimum atomic E-state index is -0.655. The SMILES string of the molecule is CCCCN1C(=O)C(=O)/C(=C(/O)c2ccc(OC)cc2)[C@@H]1c1ccc(Br)cc1. The zero-order valence-corrected chi connectivity index (χ0v) is 17.4. The molecule has 1 aliphatic rings. The zero-order valence-electron chi connectivity index (χ0n) is 15.8. The Balaban J connectivity index is 2.12. The summed E-state index contributed by atoms with van der Waals surface area (Å²) in [7, 11) is 1.56. The van der Waals surface area contributed by atoms with Gasteiger partial charge < -0.3 is 14.7 Å². The van der Waals surface area contributed by atoms with Gasteiger partial charge in [0, 0.05) is 16.6 Å². The van der Waals surface area contributed by atoms with E-state index in [-0.39, 0.29) is 11.3 Å². The normalized spacial score (nSPS) is 18.5. The first-order chi connectivity index (χ1) is 13.5. The number of aliphatic hydroxyl groups is 1. The first kappa shape index (κ1) is 20.1. The van der Waals surface area contributed by atoms with Crippen molar-refractivity contribution in [2.75, 3.05) is 13.7 Å². The number of carbonyl (C=O) groups excluding carboxylic acids is 2. The summed E-state index contributed by atoms with van der Waals surface area (Å²) in [4.78, 5) is 27.1. The van der Waals surface area contributed by atoms with E-state index in [4.69, 9.17) is 4.74 Å². The Morgan fingerprint density at radius 1 is 1.11 bits per heavy atom. The smallest absolute Gasteiger partial charge is 0.295 e. The molecule has 0 spiro atoms. The van der Waals surface area contributed by atoms with E-state index in [2.05, 4.69) is 15.9 Å². The summed E-state index contributed by atoms with van der Waals surface area (Å²) in [5, 5.41) is 10.9. The maximum absolute atomic E-state index is 12.8. The van der Waals surface area contributed by atoms with E-state index in [9.17, 15) is 14.7 Å². The lowest BCUT2D eigenvalue weighted by Crippen LogP contribution is -2.30. The minimum Gasteiger partial charge on any atom is -0.507 e. The van der Waals surface area contributed by atoms with Crippen molar-refractivity contribution in [1.82, 2.24) is 4.90 Å². The summed E-state index contributed by atoms with van der Waals surface area (Å²) in [6, 6.07) is 13.6. The largest absolute Gasteiger partial charge is 0.507 e. The molecule has 0 saturated carbocycles. The number of likely N-dealkylation sites (tertiary alicyclic amines) is 1. The molecular weight excluding hydrogens is 422 g/mol. The Kier molecular flexibility index (Phi) is 6.19. The van der Waals surface area contributed by atoms with E-state index < -0.39 is 17.7 Å². The van der Waals surface area contributed by atoms with Gasteiger partial charge >= 0.3 is 0 Å². The summed E-state index contributed by atoms with van der Waals surface area (Å²) >= 11 is 3.41. The Bertz CT molecular complexity index is 903. The molecule has 2 aromatic rings. The van der Waals surface area contributed by atoms with Gasteiger partial charge in [0.15, 0.2) is 0 Å². The highest BCUT2D eigenvalue weighted by Gasteiger charge is 2.45. The van der Waals surface area contributed by atoms with Gasteiger partial charge in [-0.25, -0.2) is 0 Å². The third kappa shape index (κ3) is 3.83. The molecule has 146 valence electrons. The number of carbonyl (C=O) groups is 2. The van der Waals surface area contributed by atoms with Crippen LogP contribution in [0.15, 0.2) is 58.6 Å². The van der Waals surface area contributed by atoms with Crippen LogP contribution in [0, 0.1) is 0 Å². The molecule has 0 aliphatic carbocycles. The van der Waals surface area contributed by atoms with Gasteiger partial charge in [0.25, 0.3) is 11.7 Å². The second kappa shape index (κ2) is 8.61. The number of hydrogen-bond donors (Lipinski definition) is 1. The number of ether oxygens (including phenoxy) is 1. The molecule has 6 heteroatoms. The molecule has 1 atom stereocenters. The van der Waals surface area contributed by atoms with Gasteiger partial charge in [-0.2, -0.15) is 0 Å². The molecule has 28 heavy (non-hydrogen) atoms. The molecule has 2 aromatic carbocycles. The van der Waals surface area contributed by atoms with Crippen LogP contribution in [0.5, 0.6) is 5.75 Å². The number of Topliss-reactive ketones (excluding diaryl/α,β-unsaturated/α-hetero) is 1. The average Bonchev–Trinajstić information content (AvgIpc) is 2.97. The van der Waals surface area contributed by atoms with Crippen molar-refractivity contribution in [3.05, 3.63) is 69.7 Å². The first-order valence-corrected chi connectivity index (χ1v) is 9.95. The maximum Gasteiger partial charge on any atom is 0.295 e. The van der Waals surface area contributed by atoms with Crippen molar-refractivity contribution in [2.45, 2.75) is 25.8 Å². The fraction of sp³-hybridized carbons (Fsp3) is 0.273. The predicted molar refractivity (Wildman–Crippen MR) is 111 cm³/mol. The van der Waals surface area contributed by atoms with E-state index in [1.807, 2.05) is 31.2 Å². The molecule has 5 nitrogen and oxygen atoms in total. The lowest BCUT2D eigenvalue weighted by molar-refractivity contribution is -0.139.